The highest BCUT2D eigenvalue weighted by atomic mass is 16.3. The third-order valence-corrected chi connectivity index (χ3v) is 2.69. The van der Waals surface area contributed by atoms with E-state index in [4.69, 9.17) is 9.52 Å². The Hall–Kier alpha value is -1.82. The molecule has 1 aromatic rings. The summed E-state index contributed by atoms with van der Waals surface area (Å²) in [4.78, 5) is 25.0. The van der Waals surface area contributed by atoms with Gasteiger partial charge in [-0.15, -0.1) is 0 Å². The fourth-order valence-corrected chi connectivity index (χ4v) is 1.66. The van der Waals surface area contributed by atoms with Crippen molar-refractivity contribution in [2.45, 2.75) is 19.8 Å². The fourth-order valence-electron chi connectivity index (χ4n) is 1.66. The molecule has 1 rings (SSSR count). The van der Waals surface area contributed by atoms with Gasteiger partial charge in [-0.1, -0.05) is 0 Å². The van der Waals surface area contributed by atoms with Crippen molar-refractivity contribution in [3.63, 3.8) is 0 Å². The average Bonchev–Trinajstić information content (AvgIpc) is 2.93. The van der Waals surface area contributed by atoms with Crippen molar-refractivity contribution in [2.24, 2.45) is 0 Å². The van der Waals surface area contributed by atoms with Gasteiger partial charge in [0.25, 0.3) is 5.91 Å². The minimum absolute atomic E-state index is 0.0318. The number of aliphatic hydroxyl groups excluding tert-OH is 1. The first kappa shape index (κ1) is 15.2. The molecule has 0 bridgehead atoms. The van der Waals surface area contributed by atoms with Crippen LogP contribution >= 0.6 is 0 Å². The summed E-state index contributed by atoms with van der Waals surface area (Å²) < 4.78 is 4.94. The van der Waals surface area contributed by atoms with Gasteiger partial charge in [-0.2, -0.15) is 0 Å². The summed E-state index contributed by atoms with van der Waals surface area (Å²) in [5, 5.41) is 11.4. The van der Waals surface area contributed by atoms with E-state index < -0.39 is 0 Å². The SMILES string of the molecule is CCN(CCCO)C(=O)CCNC(=O)c1ccco1. The van der Waals surface area contributed by atoms with E-state index in [9.17, 15) is 9.59 Å². The van der Waals surface area contributed by atoms with E-state index in [0.29, 0.717) is 19.5 Å². The first-order valence-electron chi connectivity index (χ1n) is 6.39. The largest absolute Gasteiger partial charge is 0.459 e. The van der Waals surface area contributed by atoms with E-state index in [-0.39, 0.29) is 37.1 Å². The average molecular weight is 268 g/mol. The molecule has 0 fully saturated rings. The van der Waals surface area contributed by atoms with Gasteiger partial charge in [0.2, 0.25) is 5.91 Å². The molecule has 0 spiro atoms. The highest BCUT2D eigenvalue weighted by Crippen LogP contribution is 2.00. The molecule has 106 valence electrons. The lowest BCUT2D eigenvalue weighted by atomic mass is 10.3. The Labute approximate surface area is 112 Å². The van der Waals surface area contributed by atoms with Crippen molar-refractivity contribution in [1.82, 2.24) is 10.2 Å². The zero-order valence-corrected chi connectivity index (χ0v) is 11.1. The van der Waals surface area contributed by atoms with Gasteiger partial charge in [0.05, 0.1) is 6.26 Å². The summed E-state index contributed by atoms with van der Waals surface area (Å²) in [6.45, 7) is 3.37. The molecule has 1 heterocycles. The van der Waals surface area contributed by atoms with Crippen LogP contribution < -0.4 is 5.32 Å². The third kappa shape index (κ3) is 5.13. The van der Waals surface area contributed by atoms with Crippen LogP contribution in [0.2, 0.25) is 0 Å². The Kier molecular flexibility index (Phi) is 6.67. The van der Waals surface area contributed by atoms with Crippen LogP contribution in [0.15, 0.2) is 22.8 Å². The van der Waals surface area contributed by atoms with Gasteiger partial charge in [0.1, 0.15) is 0 Å². The summed E-state index contributed by atoms with van der Waals surface area (Å²) in [5.41, 5.74) is 0. The van der Waals surface area contributed by atoms with E-state index in [1.807, 2.05) is 6.92 Å². The predicted molar refractivity (Wildman–Crippen MR) is 69.6 cm³/mol. The molecule has 2 amide bonds. The summed E-state index contributed by atoms with van der Waals surface area (Å²) >= 11 is 0. The number of rotatable bonds is 8. The van der Waals surface area contributed by atoms with Crippen LogP contribution in [0, 0.1) is 0 Å². The number of aliphatic hydroxyl groups is 1. The van der Waals surface area contributed by atoms with Gasteiger partial charge >= 0.3 is 0 Å². The number of hydrogen-bond donors (Lipinski definition) is 2. The van der Waals surface area contributed by atoms with E-state index in [2.05, 4.69) is 5.32 Å². The Bertz CT molecular complexity index is 389. The number of nitrogens with zero attached hydrogens (tertiary/aromatic N) is 1. The number of hydrogen-bond acceptors (Lipinski definition) is 4. The summed E-state index contributed by atoms with van der Waals surface area (Å²) in [7, 11) is 0. The quantitative estimate of drug-likeness (QED) is 0.724. The fraction of sp³-hybridized carbons (Fsp3) is 0.538. The number of nitrogens with one attached hydrogen (secondary N) is 1. The van der Waals surface area contributed by atoms with Crippen molar-refractivity contribution in [2.75, 3.05) is 26.2 Å². The molecular formula is C13H20N2O4. The van der Waals surface area contributed by atoms with Crippen LogP contribution in [-0.4, -0.2) is 48.1 Å². The van der Waals surface area contributed by atoms with Gasteiger partial charge < -0.3 is 19.7 Å². The second-order valence-electron chi connectivity index (χ2n) is 4.03. The van der Waals surface area contributed by atoms with Gasteiger partial charge in [-0.05, 0) is 25.5 Å². The summed E-state index contributed by atoms with van der Waals surface area (Å²) in [6, 6.07) is 3.20. The molecule has 6 heteroatoms. The molecule has 0 saturated carbocycles. The van der Waals surface area contributed by atoms with Crippen molar-refractivity contribution < 1.29 is 19.1 Å². The van der Waals surface area contributed by atoms with Crippen LogP contribution in [0.4, 0.5) is 0 Å². The molecule has 0 atom stereocenters. The van der Waals surface area contributed by atoms with Gasteiger partial charge in [0, 0.05) is 32.7 Å². The lowest BCUT2D eigenvalue weighted by Gasteiger charge is -2.20. The standard InChI is InChI=1S/C13H20N2O4/c1-2-15(8-4-9-16)12(17)6-7-14-13(18)11-5-3-10-19-11/h3,5,10,16H,2,4,6-9H2,1H3,(H,14,18). The zero-order valence-electron chi connectivity index (χ0n) is 11.1. The van der Waals surface area contributed by atoms with Crippen LogP contribution in [0.5, 0.6) is 0 Å². The second kappa shape index (κ2) is 8.31. The van der Waals surface area contributed by atoms with Crippen LogP contribution in [0.3, 0.4) is 0 Å². The van der Waals surface area contributed by atoms with Gasteiger partial charge in [-0.3, -0.25) is 9.59 Å². The maximum absolute atomic E-state index is 11.8. The molecule has 1 aromatic heterocycles. The monoisotopic (exact) mass is 268 g/mol. The Balaban J connectivity index is 2.27. The zero-order chi connectivity index (χ0) is 14.1. The Morgan fingerprint density at radius 1 is 1.47 bits per heavy atom. The van der Waals surface area contributed by atoms with Gasteiger partial charge in [0.15, 0.2) is 5.76 Å². The van der Waals surface area contributed by atoms with Crippen LogP contribution in [-0.2, 0) is 4.79 Å². The van der Waals surface area contributed by atoms with Crippen LogP contribution in [0.25, 0.3) is 0 Å². The summed E-state index contributed by atoms with van der Waals surface area (Å²) in [6.07, 6.45) is 2.23. The lowest BCUT2D eigenvalue weighted by Crippen LogP contribution is -2.35. The minimum atomic E-state index is -0.323. The second-order valence-corrected chi connectivity index (χ2v) is 4.03. The van der Waals surface area contributed by atoms with Crippen molar-refractivity contribution in [3.05, 3.63) is 24.2 Å². The molecule has 19 heavy (non-hydrogen) atoms. The molecule has 0 radical (unpaired) electrons. The van der Waals surface area contributed by atoms with Crippen LogP contribution in [0.1, 0.15) is 30.3 Å². The number of amides is 2. The Morgan fingerprint density at radius 2 is 2.26 bits per heavy atom. The predicted octanol–water partition coefficient (Wildman–Crippen LogP) is 0.630. The van der Waals surface area contributed by atoms with E-state index in [1.165, 1.54) is 6.26 Å². The molecule has 6 nitrogen and oxygen atoms in total. The van der Waals surface area contributed by atoms with E-state index in [1.54, 1.807) is 17.0 Å². The molecular weight excluding hydrogens is 248 g/mol. The molecule has 0 saturated heterocycles. The molecule has 0 unspecified atom stereocenters. The smallest absolute Gasteiger partial charge is 0.286 e. The van der Waals surface area contributed by atoms with Crippen molar-refractivity contribution >= 4 is 11.8 Å². The maximum Gasteiger partial charge on any atom is 0.286 e. The first-order chi connectivity index (χ1) is 9.19. The van der Waals surface area contributed by atoms with Gasteiger partial charge in [-0.25, -0.2) is 0 Å². The normalized spacial score (nSPS) is 10.2. The minimum Gasteiger partial charge on any atom is -0.459 e. The first-order valence-corrected chi connectivity index (χ1v) is 6.39. The topological polar surface area (TPSA) is 82.8 Å². The lowest BCUT2D eigenvalue weighted by molar-refractivity contribution is -0.131. The van der Waals surface area contributed by atoms with E-state index in [0.717, 1.165) is 0 Å². The number of furan rings is 1. The molecule has 0 aliphatic heterocycles. The molecule has 0 aromatic carbocycles. The highest BCUT2D eigenvalue weighted by molar-refractivity contribution is 5.91. The molecule has 0 aliphatic carbocycles. The number of carbonyl (C=O) groups is 2. The van der Waals surface area contributed by atoms with Crippen molar-refractivity contribution in [1.29, 1.82) is 0 Å². The third-order valence-electron chi connectivity index (χ3n) is 2.69. The molecule has 0 aliphatic rings. The van der Waals surface area contributed by atoms with Crippen molar-refractivity contribution in [3.8, 4) is 0 Å². The molecule has 2 N–H and O–H groups in total. The Morgan fingerprint density at radius 3 is 2.84 bits per heavy atom. The maximum atomic E-state index is 11.8. The highest BCUT2D eigenvalue weighted by Gasteiger charge is 2.12. The van der Waals surface area contributed by atoms with E-state index >= 15 is 0 Å². The summed E-state index contributed by atoms with van der Waals surface area (Å²) in [5.74, 6) is -0.119. The number of carbonyl (C=O) groups excluding carboxylic acids is 2.